The van der Waals surface area contributed by atoms with Crippen molar-refractivity contribution >= 4 is 12.6 Å². The predicted molar refractivity (Wildman–Crippen MR) is 37.0 cm³/mol. The topological polar surface area (TPSA) is 49.1 Å². The predicted octanol–water partition coefficient (Wildman–Crippen LogP) is 0.0123. The molecule has 0 aromatic carbocycles. The maximum Gasteiger partial charge on any atom is 0.405 e. The summed E-state index contributed by atoms with van der Waals surface area (Å²) in [4.78, 5) is 0.377. The monoisotopic (exact) mass is 158 g/mol. The first-order valence-corrected chi connectivity index (χ1v) is 3.02. The van der Waals surface area contributed by atoms with Gasteiger partial charge in [-0.05, 0) is 10.9 Å². The molecule has 1 heterocycles. The first kappa shape index (κ1) is 7.14. The highest BCUT2D eigenvalue weighted by Crippen LogP contribution is 2.03. The zero-order valence-electron chi connectivity index (χ0n) is 5.31. The van der Waals surface area contributed by atoms with Crippen LogP contribution < -0.4 is 9.58 Å². The fourth-order valence-electron chi connectivity index (χ4n) is 0.531. The first-order chi connectivity index (χ1) is 4.74. The summed E-state index contributed by atoms with van der Waals surface area (Å²) in [6, 6.07) is 3.08. The highest BCUT2D eigenvalue weighted by atomic mass is 32.1. The van der Waals surface area contributed by atoms with Crippen LogP contribution in [0, 0.1) is 5.21 Å². The Kier molecular flexibility index (Phi) is 1.96. The van der Waals surface area contributed by atoms with Crippen molar-refractivity contribution in [1.82, 2.24) is 5.10 Å². The molecule has 0 saturated carbocycles. The number of nitrogens with zero attached hydrogens (tertiary/aromatic N) is 2. The second-order valence-corrected chi connectivity index (χ2v) is 2.07. The van der Waals surface area contributed by atoms with Gasteiger partial charge in [-0.3, -0.25) is 0 Å². The Bertz CT molecular complexity index is 241. The molecule has 1 rings (SSSR count). The van der Waals surface area contributed by atoms with Crippen LogP contribution in [0.25, 0.3) is 0 Å². The van der Waals surface area contributed by atoms with Gasteiger partial charge in [0.2, 0.25) is 0 Å². The van der Waals surface area contributed by atoms with E-state index in [9.17, 15) is 5.21 Å². The molecular weight excluding hydrogens is 152 g/mol. The molecule has 0 bridgehead atoms. The van der Waals surface area contributed by atoms with Crippen molar-refractivity contribution in [3.63, 3.8) is 0 Å². The number of thiol groups is 1. The van der Waals surface area contributed by atoms with Crippen molar-refractivity contribution in [3.8, 4) is 5.88 Å². The smallest absolute Gasteiger partial charge is 0.405 e. The summed E-state index contributed by atoms with van der Waals surface area (Å²) in [5.41, 5.74) is 0. The highest BCUT2D eigenvalue weighted by Gasteiger charge is 2.04. The number of ether oxygens (including phenoxy) is 1. The van der Waals surface area contributed by atoms with Crippen LogP contribution in [0.1, 0.15) is 0 Å². The van der Waals surface area contributed by atoms with Gasteiger partial charge in [-0.2, -0.15) is 0 Å². The number of rotatable bonds is 1. The van der Waals surface area contributed by atoms with Gasteiger partial charge in [-0.1, -0.05) is 0 Å². The van der Waals surface area contributed by atoms with Crippen molar-refractivity contribution < 1.29 is 9.58 Å². The minimum Gasteiger partial charge on any atom is -0.591 e. The minimum atomic E-state index is 0.165. The average Bonchev–Trinajstić information content (AvgIpc) is 1.88. The lowest BCUT2D eigenvalue weighted by molar-refractivity contribution is -0.678. The Hall–Kier alpha value is -0.970. The molecule has 0 N–H and O–H groups in total. The van der Waals surface area contributed by atoms with Crippen molar-refractivity contribution in [1.29, 1.82) is 0 Å². The lowest BCUT2D eigenvalue weighted by Gasteiger charge is -1.97. The molecule has 0 atom stereocenters. The van der Waals surface area contributed by atoms with Crippen molar-refractivity contribution in [3.05, 3.63) is 17.3 Å². The van der Waals surface area contributed by atoms with E-state index in [4.69, 9.17) is 0 Å². The largest absolute Gasteiger partial charge is 0.591 e. The van der Waals surface area contributed by atoms with E-state index in [2.05, 4.69) is 22.5 Å². The van der Waals surface area contributed by atoms with Gasteiger partial charge in [0.15, 0.2) is 5.03 Å². The molecule has 0 spiro atoms. The lowest BCUT2D eigenvalue weighted by atomic mass is 10.6. The second-order valence-electron chi connectivity index (χ2n) is 1.61. The van der Waals surface area contributed by atoms with Crippen molar-refractivity contribution in [2.75, 3.05) is 7.11 Å². The van der Waals surface area contributed by atoms with E-state index < -0.39 is 0 Å². The average molecular weight is 158 g/mol. The minimum absolute atomic E-state index is 0.165. The van der Waals surface area contributed by atoms with Crippen molar-refractivity contribution in [2.24, 2.45) is 0 Å². The maximum atomic E-state index is 10.7. The van der Waals surface area contributed by atoms with Gasteiger partial charge < -0.3 is 9.94 Å². The van der Waals surface area contributed by atoms with Crippen molar-refractivity contribution in [2.45, 2.75) is 5.03 Å². The molecule has 0 amide bonds. The van der Waals surface area contributed by atoms with Crippen LogP contribution in [0.3, 0.4) is 0 Å². The zero-order valence-corrected chi connectivity index (χ0v) is 6.21. The third kappa shape index (κ3) is 1.30. The molecule has 0 aliphatic heterocycles. The molecule has 0 aliphatic carbocycles. The van der Waals surface area contributed by atoms with Gasteiger partial charge in [-0.15, -0.1) is 12.6 Å². The van der Waals surface area contributed by atoms with E-state index in [1.807, 2.05) is 0 Å². The van der Waals surface area contributed by atoms with Crippen LogP contribution in [0.4, 0.5) is 0 Å². The summed E-state index contributed by atoms with van der Waals surface area (Å²) in [7, 11) is 1.41. The third-order valence-electron chi connectivity index (χ3n) is 0.966. The van der Waals surface area contributed by atoms with Gasteiger partial charge in [0, 0.05) is 5.10 Å². The molecule has 0 aliphatic rings. The van der Waals surface area contributed by atoms with Crippen LogP contribution in [0.15, 0.2) is 17.2 Å². The zero-order chi connectivity index (χ0) is 7.56. The Labute approximate surface area is 63.4 Å². The van der Waals surface area contributed by atoms with E-state index in [1.165, 1.54) is 13.2 Å². The molecular formula is C5H6N2O2S. The molecule has 54 valence electrons. The van der Waals surface area contributed by atoms with Crippen LogP contribution in [0.2, 0.25) is 0 Å². The van der Waals surface area contributed by atoms with Crippen LogP contribution in [-0.2, 0) is 0 Å². The third-order valence-corrected chi connectivity index (χ3v) is 1.20. The highest BCUT2D eigenvalue weighted by molar-refractivity contribution is 7.80. The summed E-state index contributed by atoms with van der Waals surface area (Å²) in [6.07, 6.45) is 0. The van der Waals surface area contributed by atoms with Gasteiger partial charge >= 0.3 is 5.88 Å². The quantitative estimate of drug-likeness (QED) is 0.356. The Morgan fingerprint density at radius 3 is 2.90 bits per heavy atom. The lowest BCUT2D eigenvalue weighted by Crippen LogP contribution is -2.32. The number of hydrogen-bond acceptors (Lipinski definition) is 4. The van der Waals surface area contributed by atoms with E-state index in [0.29, 0.717) is 9.87 Å². The molecule has 1 aromatic heterocycles. The maximum absolute atomic E-state index is 10.7. The number of hydrogen-bond donors (Lipinski definition) is 1. The summed E-state index contributed by atoms with van der Waals surface area (Å²) in [5, 5.41) is 14.5. The molecule has 0 unspecified atom stereocenters. The number of aromatic nitrogens is 2. The van der Waals surface area contributed by atoms with Gasteiger partial charge in [0.1, 0.15) is 0 Å². The molecule has 10 heavy (non-hydrogen) atoms. The Morgan fingerprint density at radius 1 is 1.70 bits per heavy atom. The Morgan fingerprint density at radius 2 is 2.40 bits per heavy atom. The number of methoxy groups -OCH3 is 1. The molecule has 1 aromatic rings. The van der Waals surface area contributed by atoms with Gasteiger partial charge in [0.05, 0.1) is 13.2 Å². The van der Waals surface area contributed by atoms with Crippen LogP contribution in [-0.4, -0.2) is 12.2 Å². The van der Waals surface area contributed by atoms with Gasteiger partial charge in [0.25, 0.3) is 0 Å². The summed E-state index contributed by atoms with van der Waals surface area (Å²) in [6.45, 7) is 0. The summed E-state index contributed by atoms with van der Waals surface area (Å²) < 4.78 is 4.65. The van der Waals surface area contributed by atoms with E-state index in [-0.39, 0.29) is 5.88 Å². The molecule has 0 saturated heterocycles. The van der Waals surface area contributed by atoms with E-state index in [1.54, 1.807) is 6.07 Å². The first-order valence-electron chi connectivity index (χ1n) is 2.58. The Balaban J connectivity index is 3.07. The molecule has 0 radical (unpaired) electrons. The molecule has 4 nitrogen and oxygen atoms in total. The van der Waals surface area contributed by atoms with Crippen LogP contribution >= 0.6 is 12.6 Å². The standard InChI is InChI=1S/C5H6N2O2S/c1-9-5-3-2-4(10)6-7(5)8/h2-3H,1H3,(H,6,10). The van der Waals surface area contributed by atoms with E-state index in [0.717, 1.165) is 0 Å². The van der Waals surface area contributed by atoms with Gasteiger partial charge in [-0.25, -0.2) is 0 Å². The summed E-state index contributed by atoms with van der Waals surface area (Å²) in [5.74, 6) is 0.165. The SMILES string of the molecule is COc1ccc(S)n[n+]1[O-]. The second kappa shape index (κ2) is 2.74. The van der Waals surface area contributed by atoms with Crippen LogP contribution in [0.5, 0.6) is 5.88 Å². The normalized spacial score (nSPS) is 9.40. The molecule has 5 heteroatoms. The fourth-order valence-corrected chi connectivity index (χ4v) is 0.687. The molecule has 0 fully saturated rings. The van der Waals surface area contributed by atoms with E-state index >= 15 is 0 Å². The summed E-state index contributed by atoms with van der Waals surface area (Å²) >= 11 is 3.85. The fraction of sp³-hybridized carbons (Fsp3) is 0.200.